The van der Waals surface area contributed by atoms with Crippen LogP contribution in [0.1, 0.15) is 12.5 Å². The van der Waals surface area contributed by atoms with E-state index in [2.05, 4.69) is 183 Å². The van der Waals surface area contributed by atoms with Gasteiger partial charge in [0.1, 0.15) is 0 Å². The molecule has 0 saturated heterocycles. The van der Waals surface area contributed by atoms with E-state index in [1.807, 2.05) is 6.20 Å². The van der Waals surface area contributed by atoms with Crippen LogP contribution in [0.15, 0.2) is 182 Å². The molecule has 3 heterocycles. The average molecular weight is 714 g/mol. The van der Waals surface area contributed by atoms with Crippen LogP contribution in [0, 0.1) is 0 Å². The van der Waals surface area contributed by atoms with Gasteiger partial charge in [0.25, 0.3) is 0 Å². The maximum absolute atomic E-state index is 5.18. The summed E-state index contributed by atoms with van der Waals surface area (Å²) < 4.78 is 0. The molecule has 0 spiro atoms. The predicted molar refractivity (Wildman–Crippen MR) is 236 cm³/mol. The molecule has 56 heavy (non-hydrogen) atoms. The minimum atomic E-state index is 0.954. The normalized spacial score (nSPS) is 11.7. The molecule has 0 atom stereocenters. The van der Waals surface area contributed by atoms with Crippen molar-refractivity contribution in [3.63, 3.8) is 0 Å². The van der Waals surface area contributed by atoms with Gasteiger partial charge in [0.05, 0.1) is 27.9 Å². The molecule has 0 amide bonds. The lowest BCUT2D eigenvalue weighted by Gasteiger charge is -2.12. The van der Waals surface area contributed by atoms with Crippen LogP contribution in [-0.4, -0.2) is 15.0 Å². The molecule has 0 aliphatic rings. The van der Waals surface area contributed by atoms with Crippen LogP contribution in [0.25, 0.3) is 110 Å². The fourth-order valence-electron chi connectivity index (χ4n) is 8.61. The van der Waals surface area contributed by atoms with Gasteiger partial charge in [0.2, 0.25) is 0 Å². The summed E-state index contributed by atoms with van der Waals surface area (Å²) in [6.07, 6.45) is 2.92. The molecule has 0 fully saturated rings. The third kappa shape index (κ3) is 5.32. The van der Waals surface area contributed by atoms with Crippen molar-refractivity contribution in [1.82, 2.24) is 15.0 Å². The van der Waals surface area contributed by atoms with Gasteiger partial charge in [-0.25, -0.2) is 9.97 Å². The van der Waals surface area contributed by atoms with Crippen molar-refractivity contribution in [3.8, 4) is 44.8 Å². The molecule has 3 nitrogen and oxygen atoms in total. The standard InChI is InChI=1S/C53H35N3/c1-2-33-9-7-10-37-20-24-46-43(28-29-54-53(46)52(33)37)34-14-16-35(17-15-34)48-25-21-36-18-19-39(32-51(36)56-48)38-22-26-49-41(30-38)23-27-50(55-49)47-31-40-8-3-4-11-42(40)44-12-5-6-13-45(44)47/h3-32H,2H2,1H3. The average Bonchev–Trinajstić information content (AvgIpc) is 3.27. The van der Waals surface area contributed by atoms with Gasteiger partial charge in [-0.15, -0.1) is 0 Å². The minimum Gasteiger partial charge on any atom is -0.256 e. The Morgan fingerprint density at radius 1 is 0.393 bits per heavy atom. The zero-order valence-corrected chi connectivity index (χ0v) is 30.9. The number of rotatable bonds is 5. The molecule has 262 valence electrons. The third-order valence-electron chi connectivity index (χ3n) is 11.5. The van der Waals surface area contributed by atoms with E-state index in [0.717, 1.165) is 67.4 Å². The molecule has 0 aliphatic carbocycles. The molecule has 0 aliphatic heterocycles. The van der Waals surface area contributed by atoms with E-state index in [1.165, 1.54) is 54.4 Å². The van der Waals surface area contributed by atoms with Crippen molar-refractivity contribution in [2.75, 3.05) is 0 Å². The van der Waals surface area contributed by atoms with Crippen LogP contribution in [-0.2, 0) is 6.42 Å². The highest BCUT2D eigenvalue weighted by Gasteiger charge is 2.13. The van der Waals surface area contributed by atoms with E-state index >= 15 is 0 Å². The first kappa shape index (κ1) is 32.2. The Morgan fingerprint density at radius 2 is 1.07 bits per heavy atom. The second-order valence-corrected chi connectivity index (χ2v) is 14.7. The highest BCUT2D eigenvalue weighted by atomic mass is 14.7. The number of benzene rings is 8. The summed E-state index contributed by atoms with van der Waals surface area (Å²) in [5.41, 5.74) is 13.2. The number of nitrogens with zero attached hydrogens (tertiary/aromatic N) is 3. The largest absolute Gasteiger partial charge is 0.256 e. The minimum absolute atomic E-state index is 0.954. The topological polar surface area (TPSA) is 38.7 Å². The maximum Gasteiger partial charge on any atom is 0.0789 e. The van der Waals surface area contributed by atoms with Crippen molar-refractivity contribution in [2.45, 2.75) is 13.3 Å². The van der Waals surface area contributed by atoms with Gasteiger partial charge >= 0.3 is 0 Å². The second-order valence-electron chi connectivity index (χ2n) is 14.7. The number of hydrogen-bond donors (Lipinski definition) is 0. The number of hydrogen-bond acceptors (Lipinski definition) is 3. The summed E-state index contributed by atoms with van der Waals surface area (Å²) >= 11 is 0. The molecule has 0 saturated carbocycles. The van der Waals surface area contributed by atoms with Gasteiger partial charge in [0.15, 0.2) is 0 Å². The van der Waals surface area contributed by atoms with Crippen molar-refractivity contribution in [2.24, 2.45) is 0 Å². The van der Waals surface area contributed by atoms with Crippen molar-refractivity contribution in [3.05, 3.63) is 188 Å². The maximum atomic E-state index is 5.18. The second kappa shape index (κ2) is 13.0. The Bertz CT molecular complexity index is 3350. The predicted octanol–water partition coefficient (Wildman–Crippen LogP) is 14.0. The molecule has 3 aromatic heterocycles. The Hall–Kier alpha value is -7.23. The molecule has 0 unspecified atom stereocenters. The molecular formula is C53H35N3. The highest BCUT2D eigenvalue weighted by molar-refractivity contribution is 6.14. The lowest BCUT2D eigenvalue weighted by atomic mass is 9.94. The smallest absolute Gasteiger partial charge is 0.0789 e. The fraction of sp³-hybridized carbons (Fsp3) is 0.0377. The SMILES string of the molecule is CCc1cccc2ccc3c(-c4ccc(-c5ccc6ccc(-c7ccc8nc(-c9cc%10ccccc%10c%10ccccc9%10)ccc8c7)cc6n5)cc4)ccnc3c12. The molecule has 0 N–H and O–H groups in total. The summed E-state index contributed by atoms with van der Waals surface area (Å²) in [7, 11) is 0. The number of aromatic nitrogens is 3. The summed E-state index contributed by atoms with van der Waals surface area (Å²) in [6, 6.07) is 63.2. The first-order valence-corrected chi connectivity index (χ1v) is 19.3. The van der Waals surface area contributed by atoms with Gasteiger partial charge in [-0.05, 0) is 104 Å². The number of pyridine rings is 3. The zero-order valence-electron chi connectivity index (χ0n) is 30.9. The van der Waals surface area contributed by atoms with Crippen molar-refractivity contribution < 1.29 is 0 Å². The summed E-state index contributed by atoms with van der Waals surface area (Å²) in [5, 5.41) is 10.9. The Kier molecular flexibility index (Phi) is 7.46. The number of aryl methyl sites for hydroxylation is 1. The summed E-state index contributed by atoms with van der Waals surface area (Å²) in [6.45, 7) is 2.21. The first-order chi connectivity index (χ1) is 27.7. The van der Waals surface area contributed by atoms with E-state index in [-0.39, 0.29) is 0 Å². The number of fused-ring (bicyclic) bond motifs is 8. The van der Waals surface area contributed by atoms with Crippen molar-refractivity contribution >= 4 is 65.0 Å². The van der Waals surface area contributed by atoms with E-state index in [4.69, 9.17) is 15.0 Å². The molecule has 0 bridgehead atoms. The quantitative estimate of drug-likeness (QED) is 0.167. The third-order valence-corrected chi connectivity index (χ3v) is 11.5. The van der Waals surface area contributed by atoms with E-state index in [1.54, 1.807) is 0 Å². The fourth-order valence-corrected chi connectivity index (χ4v) is 8.61. The molecule has 8 aromatic carbocycles. The van der Waals surface area contributed by atoms with Gasteiger partial charge < -0.3 is 0 Å². The monoisotopic (exact) mass is 713 g/mol. The molecule has 0 radical (unpaired) electrons. The van der Waals surface area contributed by atoms with Crippen LogP contribution >= 0.6 is 0 Å². The van der Waals surface area contributed by atoms with Gasteiger partial charge in [-0.2, -0.15) is 0 Å². The molecule has 3 heteroatoms. The van der Waals surface area contributed by atoms with Crippen molar-refractivity contribution in [1.29, 1.82) is 0 Å². The van der Waals surface area contributed by atoms with Crippen LogP contribution in [0.3, 0.4) is 0 Å². The Labute approximate surface area is 324 Å². The van der Waals surface area contributed by atoms with Gasteiger partial charge in [0, 0.05) is 38.9 Å². The van der Waals surface area contributed by atoms with Crippen LogP contribution in [0.4, 0.5) is 0 Å². The Balaban J connectivity index is 0.912. The zero-order chi connectivity index (χ0) is 37.2. The lowest BCUT2D eigenvalue weighted by molar-refractivity contribution is 1.16. The highest BCUT2D eigenvalue weighted by Crippen LogP contribution is 2.37. The molecule has 11 aromatic rings. The molecule has 11 rings (SSSR count). The Morgan fingerprint density at radius 3 is 1.96 bits per heavy atom. The lowest BCUT2D eigenvalue weighted by Crippen LogP contribution is -1.91. The van der Waals surface area contributed by atoms with Crippen LogP contribution in [0.2, 0.25) is 0 Å². The van der Waals surface area contributed by atoms with Gasteiger partial charge in [-0.3, -0.25) is 4.98 Å². The van der Waals surface area contributed by atoms with Crippen LogP contribution < -0.4 is 0 Å². The van der Waals surface area contributed by atoms with E-state index in [0.29, 0.717) is 0 Å². The first-order valence-electron chi connectivity index (χ1n) is 19.3. The van der Waals surface area contributed by atoms with E-state index < -0.39 is 0 Å². The van der Waals surface area contributed by atoms with Gasteiger partial charge in [-0.1, -0.05) is 140 Å². The van der Waals surface area contributed by atoms with Crippen LogP contribution in [0.5, 0.6) is 0 Å². The summed E-state index contributed by atoms with van der Waals surface area (Å²) in [4.78, 5) is 15.2. The molecular weight excluding hydrogens is 679 g/mol. The summed E-state index contributed by atoms with van der Waals surface area (Å²) in [5.74, 6) is 0. The van der Waals surface area contributed by atoms with E-state index in [9.17, 15) is 0 Å².